The molecule has 0 aliphatic carbocycles. The third kappa shape index (κ3) is 3.38. The smallest absolute Gasteiger partial charge is 0.153 e. The van der Waals surface area contributed by atoms with Crippen molar-refractivity contribution in [3.05, 3.63) is 24.2 Å². The van der Waals surface area contributed by atoms with Gasteiger partial charge in [-0.3, -0.25) is 14.0 Å². The van der Waals surface area contributed by atoms with E-state index in [1.165, 1.54) is 31.2 Å². The standard InChI is InChI=1S/C26H39FN2O2S/c1-18-3-5-22(20-8-12-31-14-20)29-16-25(9-7-21(18)29)15-26(32(30)17-25)10-11-28-23(13-26)19(2)4-6-24(28)27/h8,12,14,18-19,21-24H,3-7,9-11,13,15-17H2,1-2H3. The lowest BCUT2D eigenvalue weighted by atomic mass is 9.67. The number of hydrogen-bond donors (Lipinski definition) is 0. The second kappa shape index (κ2) is 7.91. The molecule has 0 bridgehead atoms. The average molecular weight is 463 g/mol. The lowest BCUT2D eigenvalue weighted by molar-refractivity contribution is -0.0628. The van der Waals surface area contributed by atoms with Crippen LogP contribution in [0, 0.1) is 17.3 Å². The van der Waals surface area contributed by atoms with E-state index in [9.17, 15) is 8.60 Å². The number of fused-ring (bicyclic) bond motifs is 2. The van der Waals surface area contributed by atoms with Crippen molar-refractivity contribution in [1.29, 1.82) is 0 Å². The first-order chi connectivity index (χ1) is 15.4. The maximum atomic E-state index is 14.6. The van der Waals surface area contributed by atoms with Gasteiger partial charge in [-0.1, -0.05) is 13.8 Å². The summed E-state index contributed by atoms with van der Waals surface area (Å²) in [5.74, 6) is 2.09. The minimum atomic E-state index is -0.809. The SMILES string of the molecule is CC1CCC(F)N2CCC3(CC12)CC1(CCC2C(C)CCC(c4ccoc4)N2C1)CS3=O. The van der Waals surface area contributed by atoms with Crippen LogP contribution in [0.2, 0.25) is 0 Å². The zero-order valence-electron chi connectivity index (χ0n) is 19.7. The van der Waals surface area contributed by atoms with Gasteiger partial charge in [-0.15, -0.1) is 0 Å². The van der Waals surface area contributed by atoms with E-state index >= 15 is 0 Å². The van der Waals surface area contributed by atoms with E-state index in [1.54, 1.807) is 6.26 Å². The van der Waals surface area contributed by atoms with E-state index in [2.05, 4.69) is 29.7 Å². The number of piperidine rings is 4. The van der Waals surface area contributed by atoms with Crippen LogP contribution >= 0.6 is 0 Å². The topological polar surface area (TPSA) is 36.7 Å². The van der Waals surface area contributed by atoms with Gasteiger partial charge < -0.3 is 4.42 Å². The molecule has 0 aromatic carbocycles. The van der Waals surface area contributed by atoms with Crippen molar-refractivity contribution in [2.75, 3.05) is 18.8 Å². The Kier molecular flexibility index (Phi) is 5.39. The highest BCUT2D eigenvalue weighted by Gasteiger charge is 2.59. The third-order valence-corrected chi connectivity index (χ3v) is 12.5. The summed E-state index contributed by atoms with van der Waals surface area (Å²) in [5, 5.41) is 0. The molecule has 9 atom stereocenters. The molecule has 5 aliphatic rings. The molecule has 0 radical (unpaired) electrons. The van der Waals surface area contributed by atoms with Gasteiger partial charge in [-0.05, 0) is 81.1 Å². The summed E-state index contributed by atoms with van der Waals surface area (Å²) < 4.78 is 33.8. The monoisotopic (exact) mass is 462 g/mol. The number of hydrogen-bond acceptors (Lipinski definition) is 4. The summed E-state index contributed by atoms with van der Waals surface area (Å²) in [4.78, 5) is 4.88. The lowest BCUT2D eigenvalue weighted by Gasteiger charge is -2.54. The van der Waals surface area contributed by atoms with E-state index in [-0.39, 0.29) is 16.2 Å². The molecule has 1 aromatic heterocycles. The van der Waals surface area contributed by atoms with Crippen LogP contribution in [0.4, 0.5) is 4.39 Å². The first-order valence-electron chi connectivity index (χ1n) is 13.0. The zero-order chi connectivity index (χ0) is 22.1. The number of rotatable bonds is 1. The van der Waals surface area contributed by atoms with Gasteiger partial charge in [0.1, 0.15) is 0 Å². The Hall–Kier alpha value is -0.720. The molecule has 6 heterocycles. The van der Waals surface area contributed by atoms with Crippen LogP contribution in [0.15, 0.2) is 23.0 Å². The molecule has 0 saturated carbocycles. The molecule has 4 nitrogen and oxygen atoms in total. The van der Waals surface area contributed by atoms with Crippen molar-refractivity contribution < 1.29 is 13.0 Å². The molecule has 0 amide bonds. The third-order valence-electron chi connectivity index (χ3n) is 10.1. The normalized spacial score (nSPS) is 49.9. The summed E-state index contributed by atoms with van der Waals surface area (Å²) in [6.07, 6.45) is 12.4. The maximum absolute atomic E-state index is 14.6. The molecule has 32 heavy (non-hydrogen) atoms. The summed E-state index contributed by atoms with van der Waals surface area (Å²) in [5.41, 5.74) is 1.47. The average Bonchev–Trinajstić information content (AvgIpc) is 3.38. The molecule has 6 rings (SSSR count). The Morgan fingerprint density at radius 3 is 2.69 bits per heavy atom. The van der Waals surface area contributed by atoms with E-state index in [0.29, 0.717) is 24.4 Å². The number of furan rings is 1. The predicted molar refractivity (Wildman–Crippen MR) is 125 cm³/mol. The fourth-order valence-corrected chi connectivity index (χ4v) is 10.7. The van der Waals surface area contributed by atoms with Crippen molar-refractivity contribution in [3.63, 3.8) is 0 Å². The quantitative estimate of drug-likeness (QED) is 0.532. The van der Waals surface area contributed by atoms with Gasteiger partial charge in [-0.25, -0.2) is 4.39 Å². The van der Waals surface area contributed by atoms with E-state index < -0.39 is 17.1 Å². The second-order valence-corrected chi connectivity index (χ2v) is 13.8. The molecule has 178 valence electrons. The predicted octanol–water partition coefficient (Wildman–Crippen LogP) is 5.28. The van der Waals surface area contributed by atoms with Crippen LogP contribution in [0.5, 0.6) is 0 Å². The van der Waals surface area contributed by atoms with Crippen LogP contribution < -0.4 is 0 Å². The fourth-order valence-electron chi connectivity index (χ4n) is 8.37. The van der Waals surface area contributed by atoms with Crippen molar-refractivity contribution >= 4 is 10.8 Å². The van der Waals surface area contributed by atoms with E-state index in [4.69, 9.17) is 4.42 Å². The summed E-state index contributed by atoms with van der Waals surface area (Å²) in [7, 11) is -0.809. The largest absolute Gasteiger partial charge is 0.472 e. The van der Waals surface area contributed by atoms with Gasteiger partial charge in [0.15, 0.2) is 6.30 Å². The van der Waals surface area contributed by atoms with Gasteiger partial charge in [0.05, 0.1) is 12.5 Å². The molecule has 5 saturated heterocycles. The maximum Gasteiger partial charge on any atom is 0.153 e. The highest BCUT2D eigenvalue weighted by Crippen LogP contribution is 2.56. The number of nitrogens with zero attached hydrogens (tertiary/aromatic N) is 2. The van der Waals surface area contributed by atoms with Crippen molar-refractivity contribution in [2.45, 2.75) is 101 Å². The van der Waals surface area contributed by atoms with Crippen LogP contribution in [-0.4, -0.2) is 56.0 Å². The molecule has 5 aliphatic heterocycles. The number of alkyl halides is 1. The van der Waals surface area contributed by atoms with Crippen LogP contribution in [0.25, 0.3) is 0 Å². The summed E-state index contributed by atoms with van der Waals surface area (Å²) in [6, 6.07) is 3.48. The van der Waals surface area contributed by atoms with Gasteiger partial charge in [0.2, 0.25) is 0 Å². The van der Waals surface area contributed by atoms with E-state index in [0.717, 1.165) is 50.4 Å². The van der Waals surface area contributed by atoms with Crippen LogP contribution in [0.3, 0.4) is 0 Å². The van der Waals surface area contributed by atoms with Crippen molar-refractivity contribution in [1.82, 2.24) is 9.80 Å². The summed E-state index contributed by atoms with van der Waals surface area (Å²) in [6.45, 7) is 6.56. The van der Waals surface area contributed by atoms with Gasteiger partial charge in [0.25, 0.3) is 0 Å². The molecular formula is C26H39FN2O2S. The number of halogens is 1. The molecule has 1 aromatic rings. The minimum absolute atomic E-state index is 0.0914. The Balaban J connectivity index is 1.25. The first kappa shape index (κ1) is 21.8. The Morgan fingerprint density at radius 1 is 1.06 bits per heavy atom. The Bertz CT molecular complexity index is 864. The Labute approximate surface area is 194 Å². The van der Waals surface area contributed by atoms with Gasteiger partial charge in [0, 0.05) is 58.1 Å². The van der Waals surface area contributed by atoms with E-state index in [1.807, 2.05) is 6.26 Å². The first-order valence-corrected chi connectivity index (χ1v) is 14.3. The molecule has 6 heteroatoms. The highest BCUT2D eigenvalue weighted by molar-refractivity contribution is 7.86. The van der Waals surface area contributed by atoms with Crippen LogP contribution in [-0.2, 0) is 10.8 Å². The molecule has 0 N–H and O–H groups in total. The molecule has 9 unspecified atom stereocenters. The zero-order valence-corrected chi connectivity index (χ0v) is 20.5. The molecule has 5 fully saturated rings. The summed E-state index contributed by atoms with van der Waals surface area (Å²) >= 11 is 0. The van der Waals surface area contributed by atoms with Crippen molar-refractivity contribution in [2.24, 2.45) is 17.3 Å². The molecular weight excluding hydrogens is 423 g/mol. The fraction of sp³-hybridized carbons (Fsp3) is 0.846. The van der Waals surface area contributed by atoms with Crippen molar-refractivity contribution in [3.8, 4) is 0 Å². The minimum Gasteiger partial charge on any atom is -0.472 e. The van der Waals surface area contributed by atoms with Gasteiger partial charge >= 0.3 is 0 Å². The van der Waals surface area contributed by atoms with Gasteiger partial charge in [-0.2, -0.15) is 0 Å². The molecule has 2 spiro atoms. The lowest BCUT2D eigenvalue weighted by Crippen LogP contribution is -2.58. The van der Waals surface area contributed by atoms with Crippen LogP contribution in [0.1, 0.15) is 83.2 Å². The highest BCUT2D eigenvalue weighted by atomic mass is 32.2. The Morgan fingerprint density at radius 2 is 1.88 bits per heavy atom. The second-order valence-electron chi connectivity index (χ2n) is 12.0.